The van der Waals surface area contributed by atoms with Crippen LogP contribution in [-0.4, -0.2) is 36.3 Å². The summed E-state index contributed by atoms with van der Waals surface area (Å²) in [5, 5.41) is 0. The molecule has 0 aromatic rings. The van der Waals surface area contributed by atoms with Crippen LogP contribution in [0.3, 0.4) is 0 Å². The monoisotopic (exact) mass is 1330 g/mol. The average molecular weight is 1330 g/mol. The van der Waals surface area contributed by atoms with Gasteiger partial charge in [0.1, 0.15) is 3.41 Å². The molecule has 0 aromatic heterocycles. The topological polar surface area (TPSA) is 0 Å². The molecule has 0 saturated heterocycles. The maximum atomic E-state index is 2.57. The van der Waals surface area contributed by atoms with Crippen molar-refractivity contribution in [3.05, 3.63) is 0 Å². The molecule has 0 aliphatic heterocycles. The largest absolute Gasteiger partial charge is 0.197 e. The van der Waals surface area contributed by atoms with Gasteiger partial charge in [0.05, 0.1) is 4.08 Å². The van der Waals surface area contributed by atoms with E-state index in [0.717, 1.165) is 0 Å². The molecule has 87 heavy (non-hydrogen) atoms. The van der Waals surface area contributed by atoms with Crippen molar-refractivity contribution in [1.29, 1.82) is 0 Å². The summed E-state index contributed by atoms with van der Waals surface area (Å²) < 4.78 is 0.502. The fourth-order valence-electron chi connectivity index (χ4n) is 13.1. The molecule has 2 atom stereocenters. The van der Waals surface area contributed by atoms with Crippen molar-refractivity contribution in [3.8, 4) is 0 Å². The summed E-state index contributed by atoms with van der Waals surface area (Å²) in [6.07, 6.45) is 98.8. The molecule has 0 spiro atoms. The number of hydrogen-bond donors (Lipinski definition) is 0. The van der Waals surface area contributed by atoms with Crippen molar-refractivity contribution in [1.82, 2.24) is 0 Å². The van der Waals surface area contributed by atoms with Gasteiger partial charge in [0, 0.05) is 0 Å². The molecule has 0 amide bonds. The average Bonchev–Trinajstić information content (AvgIpc) is 3.00. The zero-order valence-corrected chi connectivity index (χ0v) is 66.2. The number of hydrogen-bond acceptors (Lipinski definition) is 5. The van der Waals surface area contributed by atoms with Crippen LogP contribution >= 0.6 is 72.3 Å². The fraction of sp³-hybridized carbons (Fsp3) is 1.00. The van der Waals surface area contributed by atoms with Crippen LogP contribution in [0.4, 0.5) is 0 Å². The minimum atomic E-state index is 0. The smallest absolute Gasteiger partial charge is 0.131 e. The quantitative estimate of drug-likeness (QED) is 0.0438. The lowest BCUT2D eigenvalue weighted by molar-refractivity contribution is 0.534. The van der Waals surface area contributed by atoms with Crippen LogP contribution in [0.25, 0.3) is 0 Å². The standard InChI is InChI=1S/C81H164S5.H2S/c1-7-13-19-25-31-37-42-45-49-55-61-67-73-79-86-81(84-77-71-65-59-53-47-40-34-28-22-16-10-4,85-78-72-66-60-54-48-44-39-33-27-21-15-9-3)80(82-75-69-63-57-51-36-30-24-18-12-6,83-76-70-64-58-52-41-35-29-23-17-11-5)74-68-62-56-50-46-43-38-32-26-20-14-8-2;/h7-79H2,1-6H3;1H2. The molecule has 0 saturated carbocycles. The summed E-state index contributed by atoms with van der Waals surface area (Å²) in [4.78, 5) is 0. The van der Waals surface area contributed by atoms with Crippen molar-refractivity contribution < 1.29 is 0 Å². The van der Waals surface area contributed by atoms with Crippen LogP contribution < -0.4 is 0 Å². The second-order valence-corrected chi connectivity index (χ2v) is 35.6. The second kappa shape index (κ2) is 78.8. The predicted molar refractivity (Wildman–Crippen MR) is 426 cm³/mol. The summed E-state index contributed by atoms with van der Waals surface area (Å²) in [5.41, 5.74) is 0. The zero-order chi connectivity index (χ0) is 62.2. The lowest BCUT2D eigenvalue weighted by Crippen LogP contribution is -2.44. The van der Waals surface area contributed by atoms with Gasteiger partial charge in [0.15, 0.2) is 0 Å². The van der Waals surface area contributed by atoms with E-state index in [1.165, 1.54) is 465 Å². The Balaban J connectivity index is 0. The van der Waals surface area contributed by atoms with Gasteiger partial charge in [-0.15, -0.1) is 58.8 Å². The minimum absolute atomic E-state index is 0. The first kappa shape index (κ1) is 91.2. The maximum Gasteiger partial charge on any atom is 0.131 e. The van der Waals surface area contributed by atoms with Gasteiger partial charge in [-0.3, -0.25) is 0 Å². The molecule has 0 heterocycles. The molecule has 526 valence electrons. The molecular weight excluding hydrogens is 1170 g/mol. The van der Waals surface area contributed by atoms with Crippen LogP contribution in [0.1, 0.15) is 478 Å². The molecular formula is C81H166S6. The zero-order valence-electron chi connectivity index (χ0n) is 61.2. The van der Waals surface area contributed by atoms with E-state index in [1.807, 2.05) is 0 Å². The minimum Gasteiger partial charge on any atom is -0.197 e. The van der Waals surface area contributed by atoms with Gasteiger partial charge in [0.2, 0.25) is 0 Å². The lowest BCUT2D eigenvalue weighted by atomic mass is 10.0. The Hall–Kier alpha value is 2.10. The van der Waals surface area contributed by atoms with Crippen LogP contribution in [0.2, 0.25) is 0 Å². The molecule has 0 rings (SSSR count). The van der Waals surface area contributed by atoms with Crippen LogP contribution in [0.15, 0.2) is 0 Å². The van der Waals surface area contributed by atoms with Crippen LogP contribution in [-0.2, 0) is 0 Å². The molecule has 0 fully saturated rings. The van der Waals surface area contributed by atoms with Crippen molar-refractivity contribution in [2.75, 3.05) is 28.8 Å². The highest BCUT2D eigenvalue weighted by Gasteiger charge is 2.53. The van der Waals surface area contributed by atoms with E-state index in [1.54, 1.807) is 0 Å². The third-order valence-corrected chi connectivity index (χ3v) is 29.3. The first-order chi connectivity index (χ1) is 42.6. The highest BCUT2D eigenvalue weighted by atomic mass is 32.3. The van der Waals surface area contributed by atoms with E-state index < -0.39 is 0 Å². The first-order valence-electron chi connectivity index (χ1n) is 40.8. The van der Waals surface area contributed by atoms with Crippen LogP contribution in [0, 0.1) is 0 Å². The van der Waals surface area contributed by atoms with Crippen molar-refractivity contribution in [2.45, 2.75) is 486 Å². The fourth-order valence-corrected chi connectivity index (χ4v) is 23.7. The molecule has 0 bridgehead atoms. The third-order valence-electron chi connectivity index (χ3n) is 19.1. The molecule has 0 aliphatic carbocycles. The van der Waals surface area contributed by atoms with Gasteiger partial charge in [-0.05, 0) is 67.3 Å². The van der Waals surface area contributed by atoms with E-state index in [9.17, 15) is 0 Å². The summed E-state index contributed by atoms with van der Waals surface area (Å²) in [6, 6.07) is 0. The van der Waals surface area contributed by atoms with Crippen molar-refractivity contribution in [2.24, 2.45) is 0 Å². The Morgan fingerprint density at radius 2 is 0.276 bits per heavy atom. The first-order valence-corrected chi connectivity index (χ1v) is 45.7. The summed E-state index contributed by atoms with van der Waals surface area (Å²) in [6.45, 7) is 14.1. The summed E-state index contributed by atoms with van der Waals surface area (Å²) in [7, 11) is 0. The molecule has 0 aliphatic rings. The maximum absolute atomic E-state index is 2.57. The molecule has 0 aromatic carbocycles. The highest BCUT2D eigenvalue weighted by Crippen LogP contribution is 2.66. The predicted octanol–water partition coefficient (Wildman–Crippen LogP) is 32.8. The van der Waals surface area contributed by atoms with E-state index in [-0.39, 0.29) is 21.0 Å². The van der Waals surface area contributed by atoms with Gasteiger partial charge < -0.3 is 0 Å². The summed E-state index contributed by atoms with van der Waals surface area (Å²) in [5.74, 6) is 6.92. The highest BCUT2D eigenvalue weighted by molar-refractivity contribution is 8.37. The number of unbranched alkanes of at least 4 members (excludes halogenated alkanes) is 61. The van der Waals surface area contributed by atoms with E-state index in [0.29, 0.717) is 0 Å². The second-order valence-electron chi connectivity index (χ2n) is 27.9. The molecule has 0 nitrogen and oxygen atoms in total. The summed E-state index contributed by atoms with van der Waals surface area (Å²) >= 11 is 12.8. The molecule has 0 radical (unpaired) electrons. The van der Waals surface area contributed by atoms with Gasteiger partial charge in [-0.1, -0.05) is 440 Å². The van der Waals surface area contributed by atoms with E-state index in [4.69, 9.17) is 0 Å². The normalized spacial score (nSPS) is 13.2. The van der Waals surface area contributed by atoms with Crippen molar-refractivity contribution in [3.63, 3.8) is 0 Å². The molecule has 6 heteroatoms. The Morgan fingerprint density at radius 3 is 0.437 bits per heavy atom. The lowest BCUT2D eigenvalue weighted by Gasteiger charge is -2.49. The number of rotatable bonds is 79. The SMILES string of the molecule is CCCCCCCCCCCCCCCSC(SCCCCCCCCCCCCC)(SCCCCCCCCCCCCCC)C(CCCCCCCCCCCCCC)(SCCCCCCCCCCC)SCCCCCCCCCCCC.S. The van der Waals surface area contributed by atoms with Gasteiger partial charge in [0.25, 0.3) is 0 Å². The van der Waals surface area contributed by atoms with E-state index in [2.05, 4.69) is 100 Å². The Bertz CT molecular complexity index is 1200. The Labute approximate surface area is 582 Å². The van der Waals surface area contributed by atoms with Gasteiger partial charge >= 0.3 is 0 Å². The van der Waals surface area contributed by atoms with Gasteiger partial charge in [-0.25, -0.2) is 0 Å². The Morgan fingerprint density at radius 1 is 0.149 bits per heavy atom. The van der Waals surface area contributed by atoms with E-state index >= 15 is 0 Å². The number of thioether (sulfide) groups is 5. The van der Waals surface area contributed by atoms with Crippen LogP contribution in [0.5, 0.6) is 0 Å². The van der Waals surface area contributed by atoms with Crippen molar-refractivity contribution >= 4 is 72.3 Å². The Kier molecular flexibility index (Phi) is 82.6. The van der Waals surface area contributed by atoms with Gasteiger partial charge in [-0.2, -0.15) is 13.5 Å². The molecule has 2 unspecified atom stereocenters. The third kappa shape index (κ3) is 63.9. The molecule has 0 N–H and O–H groups in total.